The molecule has 0 saturated carbocycles. The summed E-state index contributed by atoms with van der Waals surface area (Å²) in [5.41, 5.74) is -0.584. The van der Waals surface area contributed by atoms with E-state index in [4.69, 9.17) is 0 Å². The molecule has 0 fully saturated rings. The highest BCUT2D eigenvalue weighted by molar-refractivity contribution is 5.18. The minimum absolute atomic E-state index is 0.584. The van der Waals surface area contributed by atoms with Gasteiger partial charge in [-0.3, -0.25) is 0 Å². The van der Waals surface area contributed by atoms with Crippen molar-refractivity contribution in [2.24, 2.45) is 0 Å². The number of nitrogens with zero attached hydrogens (tertiary/aromatic N) is 1. The molecule has 1 N–H and O–H groups in total. The first-order valence-corrected chi connectivity index (χ1v) is 7.75. The van der Waals surface area contributed by atoms with Crippen LogP contribution < -0.4 is 5.32 Å². The predicted octanol–water partition coefficient (Wildman–Crippen LogP) is 4.85. The highest BCUT2D eigenvalue weighted by atomic mass is 19.4. The van der Waals surface area contributed by atoms with E-state index in [1.807, 2.05) is 0 Å². The van der Waals surface area contributed by atoms with Crippen molar-refractivity contribution in [3.63, 3.8) is 0 Å². The van der Waals surface area contributed by atoms with Gasteiger partial charge in [-0.1, -0.05) is 39.2 Å². The second-order valence-corrected chi connectivity index (χ2v) is 5.20. The molecule has 0 aromatic rings. The molecule has 0 atom stereocenters. The average Bonchev–Trinajstić information content (AvgIpc) is 2.43. The molecule has 0 aliphatic rings. The molecule has 0 radical (unpaired) electrons. The van der Waals surface area contributed by atoms with Crippen molar-refractivity contribution >= 4 is 0 Å². The van der Waals surface area contributed by atoms with Crippen molar-refractivity contribution in [3.8, 4) is 0 Å². The van der Waals surface area contributed by atoms with E-state index in [2.05, 4.69) is 24.1 Å². The normalized spacial score (nSPS) is 13.5. The Hall–Kier alpha value is -1.13. The summed E-state index contributed by atoms with van der Waals surface area (Å²) in [5.74, 6) is 0.753. The van der Waals surface area contributed by atoms with Crippen LogP contribution in [0.15, 0.2) is 23.5 Å². The van der Waals surface area contributed by atoms with Crippen molar-refractivity contribution in [3.05, 3.63) is 23.5 Å². The van der Waals surface area contributed by atoms with E-state index in [-0.39, 0.29) is 0 Å². The lowest BCUT2D eigenvalue weighted by molar-refractivity contribution is -0.0913. The molecule has 2 nitrogen and oxygen atoms in total. The smallest absolute Gasteiger partial charge is 0.375 e. The zero-order chi connectivity index (χ0) is 16.3. The Bertz CT molecular complexity index is 333. The molecule has 0 rings (SSSR count). The van der Waals surface area contributed by atoms with Crippen LogP contribution in [0.2, 0.25) is 0 Å². The summed E-state index contributed by atoms with van der Waals surface area (Å²) < 4.78 is 37.6. The molecule has 0 aromatic carbocycles. The Morgan fingerprint density at radius 2 is 1.57 bits per heavy atom. The molecule has 21 heavy (non-hydrogen) atoms. The summed E-state index contributed by atoms with van der Waals surface area (Å²) in [6.07, 6.45) is 3.85. The Morgan fingerprint density at radius 1 is 1.00 bits per heavy atom. The summed E-state index contributed by atoms with van der Waals surface area (Å²) in [6, 6.07) is 0. The van der Waals surface area contributed by atoms with E-state index in [0.717, 1.165) is 64.0 Å². The van der Waals surface area contributed by atoms with Gasteiger partial charge in [0.15, 0.2) is 0 Å². The van der Waals surface area contributed by atoms with Crippen LogP contribution >= 0.6 is 0 Å². The third kappa shape index (κ3) is 8.68. The Kier molecular flexibility index (Phi) is 10.0. The van der Waals surface area contributed by atoms with Crippen LogP contribution in [0.3, 0.4) is 0 Å². The number of halogens is 3. The third-order valence-electron chi connectivity index (χ3n) is 3.35. The maximum atomic E-state index is 12.5. The molecule has 0 heterocycles. The molecular formula is C16H29F3N2. The molecular weight excluding hydrogens is 277 g/mol. The number of hydrogen-bond donors (Lipinski definition) is 1. The van der Waals surface area contributed by atoms with Crippen LogP contribution in [0, 0.1) is 0 Å². The fraction of sp³-hybridized carbons (Fsp3) is 0.750. The minimum Gasteiger partial charge on any atom is -0.375 e. The molecule has 0 aliphatic heterocycles. The van der Waals surface area contributed by atoms with E-state index in [9.17, 15) is 13.2 Å². The maximum Gasteiger partial charge on any atom is 0.412 e. The molecule has 0 saturated heterocycles. The summed E-state index contributed by atoms with van der Waals surface area (Å²) in [5, 5.41) is 3.02. The first kappa shape index (κ1) is 19.9. The zero-order valence-corrected chi connectivity index (χ0v) is 13.7. The molecule has 0 unspecified atom stereocenters. The molecule has 0 bridgehead atoms. The van der Waals surface area contributed by atoms with Crippen LogP contribution in [0.5, 0.6) is 0 Å². The number of rotatable bonds is 10. The summed E-state index contributed by atoms with van der Waals surface area (Å²) >= 11 is 0. The van der Waals surface area contributed by atoms with E-state index in [1.54, 1.807) is 7.05 Å². The van der Waals surface area contributed by atoms with Gasteiger partial charge < -0.3 is 10.2 Å². The third-order valence-corrected chi connectivity index (χ3v) is 3.35. The van der Waals surface area contributed by atoms with Crippen LogP contribution in [-0.2, 0) is 0 Å². The van der Waals surface area contributed by atoms with E-state index >= 15 is 0 Å². The molecule has 5 heteroatoms. The van der Waals surface area contributed by atoms with Gasteiger partial charge in [0.1, 0.15) is 5.82 Å². The topological polar surface area (TPSA) is 15.3 Å². The van der Waals surface area contributed by atoms with Crippen LogP contribution in [0.25, 0.3) is 0 Å². The van der Waals surface area contributed by atoms with Crippen molar-refractivity contribution in [2.75, 3.05) is 20.1 Å². The molecule has 0 aliphatic carbocycles. The number of nitrogens with one attached hydrogen (secondary N) is 1. The lowest BCUT2D eigenvalue weighted by Crippen LogP contribution is -2.31. The minimum atomic E-state index is -4.26. The second kappa shape index (κ2) is 10.6. The number of unbranched alkanes of at least 4 members (excludes halogenated alkanes) is 3. The fourth-order valence-corrected chi connectivity index (χ4v) is 1.90. The molecule has 0 aromatic heterocycles. The van der Waals surface area contributed by atoms with Gasteiger partial charge in [0.2, 0.25) is 0 Å². The first-order valence-electron chi connectivity index (χ1n) is 7.75. The lowest BCUT2D eigenvalue weighted by Gasteiger charge is -2.27. The van der Waals surface area contributed by atoms with E-state index in [0.29, 0.717) is 0 Å². The summed E-state index contributed by atoms with van der Waals surface area (Å²) in [6.45, 7) is 7.09. The van der Waals surface area contributed by atoms with Crippen molar-refractivity contribution in [2.45, 2.75) is 59.1 Å². The fourth-order valence-electron chi connectivity index (χ4n) is 1.90. The predicted molar refractivity (Wildman–Crippen MR) is 83.0 cm³/mol. The van der Waals surface area contributed by atoms with Gasteiger partial charge in [0.05, 0.1) is 0 Å². The highest BCUT2D eigenvalue weighted by Gasteiger charge is 2.29. The van der Waals surface area contributed by atoms with Gasteiger partial charge in [-0.25, -0.2) is 0 Å². The van der Waals surface area contributed by atoms with Gasteiger partial charge in [-0.2, -0.15) is 13.2 Å². The van der Waals surface area contributed by atoms with Crippen LogP contribution in [0.1, 0.15) is 52.9 Å². The number of hydrogen-bond acceptors (Lipinski definition) is 2. The Balaban J connectivity index is 4.92. The van der Waals surface area contributed by atoms with E-state index in [1.165, 1.54) is 6.08 Å². The molecule has 124 valence electrons. The lowest BCUT2D eigenvalue weighted by atomic mass is 10.2. The average molecular weight is 306 g/mol. The van der Waals surface area contributed by atoms with Gasteiger partial charge in [0, 0.05) is 25.7 Å². The van der Waals surface area contributed by atoms with Crippen molar-refractivity contribution < 1.29 is 13.2 Å². The SMILES string of the molecule is CCCCCN(CCCC)/C(=C/C=C(\C)C(F)(F)F)NC. The maximum absolute atomic E-state index is 12.5. The van der Waals surface area contributed by atoms with Gasteiger partial charge >= 0.3 is 6.18 Å². The highest BCUT2D eigenvalue weighted by Crippen LogP contribution is 2.24. The Morgan fingerprint density at radius 3 is 2.05 bits per heavy atom. The molecule has 0 spiro atoms. The van der Waals surface area contributed by atoms with E-state index < -0.39 is 11.7 Å². The van der Waals surface area contributed by atoms with Gasteiger partial charge in [-0.05, 0) is 25.8 Å². The monoisotopic (exact) mass is 306 g/mol. The van der Waals surface area contributed by atoms with Crippen LogP contribution in [-0.4, -0.2) is 31.2 Å². The quantitative estimate of drug-likeness (QED) is 0.458. The van der Waals surface area contributed by atoms with Gasteiger partial charge in [0.25, 0.3) is 0 Å². The Labute approximate surface area is 127 Å². The van der Waals surface area contributed by atoms with Crippen molar-refractivity contribution in [1.29, 1.82) is 0 Å². The summed E-state index contributed by atoms with van der Waals surface area (Å²) in [7, 11) is 1.75. The largest absolute Gasteiger partial charge is 0.412 e. The van der Waals surface area contributed by atoms with Crippen LogP contribution in [0.4, 0.5) is 13.2 Å². The number of allylic oxidation sites excluding steroid dienone is 3. The number of alkyl halides is 3. The first-order chi connectivity index (χ1) is 9.86. The second-order valence-electron chi connectivity index (χ2n) is 5.20. The standard InChI is InChI=1S/C16H29F3N2/c1-5-7-9-13-21(12-8-6-2)15(20-4)11-10-14(3)16(17,18)19/h10-11,20H,5-9,12-13H2,1-4H3/b14-10+,15-11+. The molecule has 0 amide bonds. The zero-order valence-electron chi connectivity index (χ0n) is 13.7. The summed E-state index contributed by atoms with van der Waals surface area (Å²) in [4.78, 5) is 2.14. The van der Waals surface area contributed by atoms with Crippen molar-refractivity contribution in [1.82, 2.24) is 10.2 Å². The van der Waals surface area contributed by atoms with Gasteiger partial charge in [-0.15, -0.1) is 0 Å².